The van der Waals surface area contributed by atoms with Gasteiger partial charge in [0.1, 0.15) is 17.3 Å². The van der Waals surface area contributed by atoms with Gasteiger partial charge in [-0.05, 0) is 51.6 Å². The topological polar surface area (TPSA) is 148 Å². The summed E-state index contributed by atoms with van der Waals surface area (Å²) in [5.41, 5.74) is 1.39. The average Bonchev–Trinajstić information content (AvgIpc) is 3.54. The Bertz CT molecular complexity index is 1290. The molecule has 2 aliphatic carbocycles. The molecule has 208 valence electrons. The number of aromatic nitrogens is 3. The Morgan fingerprint density at radius 1 is 1.00 bits per heavy atom. The van der Waals surface area contributed by atoms with E-state index in [1.807, 2.05) is 6.07 Å². The van der Waals surface area contributed by atoms with Gasteiger partial charge in [0.05, 0.1) is 12.7 Å². The Kier molecular flexibility index (Phi) is 7.09. The molecule has 4 fully saturated rings. The fraction of sp³-hybridized carbons (Fsp3) is 0.577. The number of carbonyl (C=O) groups is 3. The van der Waals surface area contributed by atoms with Crippen LogP contribution in [0.15, 0.2) is 18.0 Å². The third kappa shape index (κ3) is 6.14. The zero-order valence-corrected chi connectivity index (χ0v) is 22.2. The van der Waals surface area contributed by atoms with E-state index in [2.05, 4.69) is 48.5 Å². The first-order valence-corrected chi connectivity index (χ1v) is 13.9. The molecule has 0 radical (unpaired) electrons. The molecular formula is C26H36N10O3. The molecule has 5 N–H and O–H groups in total. The zero-order valence-electron chi connectivity index (χ0n) is 22.2. The molecule has 2 aliphatic heterocycles. The van der Waals surface area contributed by atoms with E-state index in [0.29, 0.717) is 23.8 Å². The van der Waals surface area contributed by atoms with Crippen molar-refractivity contribution in [2.45, 2.75) is 56.7 Å². The van der Waals surface area contributed by atoms with E-state index in [4.69, 9.17) is 4.98 Å². The van der Waals surface area contributed by atoms with Crippen molar-refractivity contribution in [3.63, 3.8) is 0 Å². The average molecular weight is 537 g/mol. The van der Waals surface area contributed by atoms with Crippen LogP contribution >= 0.6 is 0 Å². The maximum atomic E-state index is 12.6. The Balaban J connectivity index is 1.10. The van der Waals surface area contributed by atoms with E-state index < -0.39 is 11.9 Å². The summed E-state index contributed by atoms with van der Waals surface area (Å²) in [7, 11) is 2.12. The standard InChI is InChI=1S/C26H36N10O3/c1-34-8-10-35(11-9-34)15-23(37)30-19-6-2-17(3-7-19)28-21-13-22(29-18-4-5-18)36-24(32-21)16(14-27-36)12-20-25(38)33-26(39)31-20/h12-14,17-19,29H,2-11,15H2,1H3,(H,28,32)(H,30,37)(H2,31,33,38,39)/b20-12-/t17-,19-. The number of hydrogen-bond donors (Lipinski definition) is 5. The molecule has 4 heterocycles. The minimum Gasteiger partial charge on any atom is -0.367 e. The van der Waals surface area contributed by atoms with Crippen molar-refractivity contribution in [3.8, 4) is 0 Å². The van der Waals surface area contributed by atoms with Gasteiger partial charge in [-0.1, -0.05) is 0 Å². The molecule has 4 amide bonds. The van der Waals surface area contributed by atoms with Crippen molar-refractivity contribution in [1.82, 2.24) is 40.3 Å². The van der Waals surface area contributed by atoms with E-state index in [1.165, 1.54) is 0 Å². The lowest BCUT2D eigenvalue weighted by Crippen LogP contribution is -2.50. The summed E-state index contributed by atoms with van der Waals surface area (Å²) in [6.07, 6.45) is 9.16. The number of rotatable bonds is 8. The van der Waals surface area contributed by atoms with Crippen LogP contribution in [0.1, 0.15) is 44.1 Å². The van der Waals surface area contributed by atoms with Crippen molar-refractivity contribution in [2.75, 3.05) is 50.4 Å². The molecule has 0 atom stereocenters. The van der Waals surface area contributed by atoms with Crippen LogP contribution < -0.4 is 26.6 Å². The maximum Gasteiger partial charge on any atom is 0.326 e. The van der Waals surface area contributed by atoms with Crippen LogP contribution in [0, 0.1) is 0 Å². The monoisotopic (exact) mass is 536 g/mol. The van der Waals surface area contributed by atoms with Crippen LogP contribution in [0.25, 0.3) is 11.7 Å². The van der Waals surface area contributed by atoms with E-state index in [9.17, 15) is 14.4 Å². The van der Waals surface area contributed by atoms with Crippen molar-refractivity contribution in [2.24, 2.45) is 0 Å². The molecule has 6 rings (SSSR count). The number of fused-ring (bicyclic) bond motifs is 1. The molecule has 0 unspecified atom stereocenters. The van der Waals surface area contributed by atoms with Gasteiger partial charge in [-0.15, -0.1) is 0 Å². The quantitative estimate of drug-likeness (QED) is 0.241. The summed E-state index contributed by atoms with van der Waals surface area (Å²) in [4.78, 5) is 45.5. The fourth-order valence-corrected chi connectivity index (χ4v) is 5.41. The van der Waals surface area contributed by atoms with E-state index >= 15 is 0 Å². The van der Waals surface area contributed by atoms with Gasteiger partial charge in [0, 0.05) is 55.9 Å². The second-order valence-electron chi connectivity index (χ2n) is 11.1. The number of anilines is 2. The number of imide groups is 1. The first-order valence-electron chi connectivity index (χ1n) is 13.9. The van der Waals surface area contributed by atoms with Gasteiger partial charge in [0.15, 0.2) is 5.65 Å². The molecule has 2 aromatic heterocycles. The molecular weight excluding hydrogens is 500 g/mol. The Morgan fingerprint density at radius 3 is 2.38 bits per heavy atom. The minimum atomic E-state index is -0.541. The predicted molar refractivity (Wildman–Crippen MR) is 146 cm³/mol. The zero-order chi connectivity index (χ0) is 26.9. The summed E-state index contributed by atoms with van der Waals surface area (Å²) in [5.74, 6) is 1.21. The summed E-state index contributed by atoms with van der Waals surface area (Å²) < 4.78 is 1.73. The summed E-state index contributed by atoms with van der Waals surface area (Å²) in [6.45, 7) is 4.36. The van der Waals surface area contributed by atoms with Crippen LogP contribution in [0.4, 0.5) is 16.4 Å². The van der Waals surface area contributed by atoms with E-state index in [1.54, 1.807) is 16.8 Å². The van der Waals surface area contributed by atoms with Crippen LogP contribution in [-0.2, 0) is 9.59 Å². The van der Waals surface area contributed by atoms with E-state index in [-0.39, 0.29) is 23.7 Å². The van der Waals surface area contributed by atoms with Gasteiger partial charge in [0.25, 0.3) is 5.91 Å². The predicted octanol–water partition coefficient (Wildman–Crippen LogP) is 0.571. The SMILES string of the molecule is CN1CCN(CC(=O)N[C@H]2CC[C@H](Nc3cc(NC4CC4)n4ncc(/C=C5\NC(=O)NC5=O)c4n3)CC2)CC1. The number of amides is 4. The second kappa shape index (κ2) is 10.8. The Hall–Kier alpha value is -3.71. The molecule has 0 aromatic carbocycles. The van der Waals surface area contributed by atoms with Crippen molar-refractivity contribution in [3.05, 3.63) is 23.5 Å². The normalized spacial score (nSPS) is 25.5. The largest absolute Gasteiger partial charge is 0.367 e. The van der Waals surface area contributed by atoms with Gasteiger partial charge in [-0.25, -0.2) is 9.78 Å². The Morgan fingerprint density at radius 2 is 1.69 bits per heavy atom. The van der Waals surface area contributed by atoms with Gasteiger partial charge >= 0.3 is 6.03 Å². The number of likely N-dealkylation sites (N-methyl/N-ethyl adjacent to an activating group) is 1. The summed E-state index contributed by atoms with van der Waals surface area (Å²) in [6, 6.07) is 2.29. The summed E-state index contributed by atoms with van der Waals surface area (Å²) >= 11 is 0. The minimum absolute atomic E-state index is 0.119. The van der Waals surface area contributed by atoms with Gasteiger partial charge in [-0.3, -0.25) is 19.8 Å². The number of piperazine rings is 1. The lowest BCUT2D eigenvalue weighted by molar-refractivity contribution is -0.123. The van der Waals surface area contributed by atoms with Crippen LogP contribution in [0.2, 0.25) is 0 Å². The highest BCUT2D eigenvalue weighted by atomic mass is 16.2. The van der Waals surface area contributed by atoms with Crippen LogP contribution in [-0.4, -0.2) is 100 Å². The lowest BCUT2D eigenvalue weighted by atomic mass is 9.91. The van der Waals surface area contributed by atoms with Crippen LogP contribution in [0.5, 0.6) is 0 Å². The van der Waals surface area contributed by atoms with Gasteiger partial charge < -0.3 is 26.2 Å². The third-order valence-corrected chi connectivity index (χ3v) is 7.86. The van der Waals surface area contributed by atoms with Gasteiger partial charge in [-0.2, -0.15) is 9.61 Å². The highest BCUT2D eigenvalue weighted by Gasteiger charge is 2.27. The highest BCUT2D eigenvalue weighted by molar-refractivity contribution is 6.14. The number of carbonyl (C=O) groups excluding carboxylic acids is 3. The molecule has 13 heteroatoms. The lowest BCUT2D eigenvalue weighted by Gasteiger charge is -2.33. The number of urea groups is 1. The number of hydrogen-bond acceptors (Lipinski definition) is 9. The number of nitrogens with zero attached hydrogens (tertiary/aromatic N) is 5. The molecule has 2 saturated carbocycles. The number of nitrogens with one attached hydrogen (secondary N) is 5. The van der Waals surface area contributed by atoms with E-state index in [0.717, 1.165) is 76.3 Å². The highest BCUT2D eigenvalue weighted by Crippen LogP contribution is 2.29. The molecule has 0 bridgehead atoms. The third-order valence-electron chi connectivity index (χ3n) is 7.86. The smallest absolute Gasteiger partial charge is 0.326 e. The fourth-order valence-electron chi connectivity index (χ4n) is 5.41. The van der Waals surface area contributed by atoms with Crippen molar-refractivity contribution >= 4 is 41.2 Å². The first-order chi connectivity index (χ1) is 18.9. The second-order valence-corrected chi connectivity index (χ2v) is 11.1. The van der Waals surface area contributed by atoms with Crippen molar-refractivity contribution in [1.29, 1.82) is 0 Å². The molecule has 13 nitrogen and oxygen atoms in total. The van der Waals surface area contributed by atoms with Gasteiger partial charge in [0.2, 0.25) is 5.91 Å². The molecule has 39 heavy (non-hydrogen) atoms. The maximum absolute atomic E-state index is 12.6. The molecule has 4 aliphatic rings. The first kappa shape index (κ1) is 25.6. The molecule has 2 aromatic rings. The van der Waals surface area contributed by atoms with Crippen LogP contribution in [0.3, 0.4) is 0 Å². The summed E-state index contributed by atoms with van der Waals surface area (Å²) in [5, 5.41) is 19.6. The van der Waals surface area contributed by atoms with Crippen molar-refractivity contribution < 1.29 is 14.4 Å². The molecule has 0 spiro atoms. The molecule has 2 saturated heterocycles. The Labute approximate surface area is 226 Å².